The Morgan fingerprint density at radius 3 is 2.76 bits per heavy atom. The number of hydrogen-bond acceptors (Lipinski definition) is 4. The van der Waals surface area contributed by atoms with E-state index in [0.29, 0.717) is 5.41 Å². The minimum atomic E-state index is 0.451. The van der Waals surface area contributed by atoms with E-state index in [2.05, 4.69) is 32.9 Å². The van der Waals surface area contributed by atoms with Gasteiger partial charge in [0.1, 0.15) is 11.4 Å². The predicted molar refractivity (Wildman–Crippen MR) is 81.7 cm³/mol. The molecule has 1 aromatic carbocycles. The lowest BCUT2D eigenvalue weighted by Gasteiger charge is -2.15. The molecule has 1 saturated carbocycles. The summed E-state index contributed by atoms with van der Waals surface area (Å²) >= 11 is 0. The van der Waals surface area contributed by atoms with Gasteiger partial charge in [0.2, 0.25) is 0 Å². The molecule has 1 aliphatic rings. The Morgan fingerprint density at radius 2 is 2.05 bits per heavy atom. The molecule has 2 aromatic rings. The van der Waals surface area contributed by atoms with Crippen molar-refractivity contribution in [2.75, 3.05) is 20.3 Å². The molecule has 5 heteroatoms. The molecule has 0 spiro atoms. The van der Waals surface area contributed by atoms with Crippen LogP contribution in [0.4, 0.5) is 0 Å². The van der Waals surface area contributed by atoms with Gasteiger partial charge >= 0.3 is 0 Å². The van der Waals surface area contributed by atoms with Gasteiger partial charge in [-0.1, -0.05) is 30.3 Å². The third-order valence-corrected chi connectivity index (χ3v) is 4.25. The fraction of sp³-hybridized carbons (Fsp3) is 0.500. The number of ether oxygens (including phenoxy) is 1. The van der Waals surface area contributed by atoms with Crippen molar-refractivity contribution in [3.05, 3.63) is 36.0 Å². The Bertz CT molecular complexity index is 563. The van der Waals surface area contributed by atoms with E-state index in [9.17, 15) is 0 Å². The largest absolute Gasteiger partial charge is 0.385 e. The van der Waals surface area contributed by atoms with E-state index in [4.69, 9.17) is 4.74 Å². The molecule has 2 N–H and O–H groups in total. The molecule has 3 rings (SSSR count). The average molecular weight is 286 g/mol. The van der Waals surface area contributed by atoms with Crippen LogP contribution in [-0.2, 0) is 11.3 Å². The van der Waals surface area contributed by atoms with Gasteiger partial charge in [0, 0.05) is 32.4 Å². The van der Waals surface area contributed by atoms with Gasteiger partial charge in [-0.05, 0) is 24.7 Å². The minimum Gasteiger partial charge on any atom is -0.385 e. The Balaban J connectivity index is 1.56. The van der Waals surface area contributed by atoms with Gasteiger partial charge in [-0.3, -0.25) is 0 Å². The van der Waals surface area contributed by atoms with E-state index in [-0.39, 0.29) is 0 Å². The van der Waals surface area contributed by atoms with Crippen LogP contribution < -0.4 is 5.32 Å². The van der Waals surface area contributed by atoms with Gasteiger partial charge in [0.25, 0.3) is 0 Å². The van der Waals surface area contributed by atoms with Crippen molar-refractivity contribution in [1.82, 2.24) is 20.7 Å². The zero-order valence-corrected chi connectivity index (χ0v) is 12.4. The zero-order chi connectivity index (χ0) is 14.5. The maximum absolute atomic E-state index is 5.19. The molecule has 1 fully saturated rings. The molecular weight excluding hydrogens is 264 g/mol. The summed E-state index contributed by atoms with van der Waals surface area (Å²) in [6, 6.07) is 10.2. The molecule has 0 amide bonds. The normalized spacial score (nSPS) is 16.0. The summed E-state index contributed by atoms with van der Waals surface area (Å²) in [5.41, 5.74) is 3.46. The summed E-state index contributed by atoms with van der Waals surface area (Å²) in [6.45, 7) is 2.62. The van der Waals surface area contributed by atoms with Crippen LogP contribution in [0.25, 0.3) is 11.3 Å². The van der Waals surface area contributed by atoms with E-state index in [1.54, 1.807) is 7.11 Å². The monoisotopic (exact) mass is 286 g/mol. The van der Waals surface area contributed by atoms with E-state index in [0.717, 1.165) is 43.1 Å². The predicted octanol–water partition coefficient (Wildman–Crippen LogP) is 2.38. The third-order valence-electron chi connectivity index (χ3n) is 4.25. The highest BCUT2D eigenvalue weighted by molar-refractivity contribution is 5.60. The van der Waals surface area contributed by atoms with Gasteiger partial charge < -0.3 is 10.1 Å². The number of nitrogens with zero attached hydrogens (tertiary/aromatic N) is 2. The van der Waals surface area contributed by atoms with Crippen molar-refractivity contribution >= 4 is 0 Å². The summed E-state index contributed by atoms with van der Waals surface area (Å²) < 4.78 is 5.19. The number of aromatic amines is 1. The highest BCUT2D eigenvalue weighted by Gasteiger charge is 2.41. The Hall–Kier alpha value is -1.72. The van der Waals surface area contributed by atoms with E-state index < -0.39 is 0 Å². The van der Waals surface area contributed by atoms with Crippen LogP contribution in [0.15, 0.2) is 30.3 Å². The number of hydrogen-bond donors (Lipinski definition) is 2. The SMILES string of the molecule is COCCC1(CNCc2n[nH]nc2-c2ccccc2)CC1. The Kier molecular flexibility index (Phi) is 4.31. The lowest BCUT2D eigenvalue weighted by molar-refractivity contribution is 0.171. The molecule has 0 aliphatic heterocycles. The van der Waals surface area contributed by atoms with Crippen molar-refractivity contribution in [3.8, 4) is 11.3 Å². The van der Waals surface area contributed by atoms with Crippen molar-refractivity contribution in [2.24, 2.45) is 5.41 Å². The highest BCUT2D eigenvalue weighted by Crippen LogP contribution is 2.48. The number of aromatic nitrogens is 3. The smallest absolute Gasteiger partial charge is 0.117 e. The summed E-state index contributed by atoms with van der Waals surface area (Å²) in [7, 11) is 1.77. The van der Waals surface area contributed by atoms with Gasteiger partial charge in [-0.25, -0.2) is 0 Å². The molecule has 0 atom stereocenters. The standard InChI is InChI=1S/C16H22N4O/c1-21-10-9-16(7-8-16)12-17-11-14-15(19-20-18-14)13-5-3-2-4-6-13/h2-6,17H,7-12H2,1H3,(H,18,19,20). The first-order valence-electron chi connectivity index (χ1n) is 7.48. The van der Waals surface area contributed by atoms with Crippen molar-refractivity contribution in [3.63, 3.8) is 0 Å². The molecule has 1 aromatic heterocycles. The number of H-pyrrole nitrogens is 1. The Labute approximate surface area is 125 Å². The molecule has 1 heterocycles. The molecular formula is C16H22N4O. The summed E-state index contributed by atoms with van der Waals surface area (Å²) in [6.07, 6.45) is 3.74. The first-order valence-corrected chi connectivity index (χ1v) is 7.48. The van der Waals surface area contributed by atoms with Crippen LogP contribution >= 0.6 is 0 Å². The lowest BCUT2D eigenvalue weighted by atomic mass is 10.0. The van der Waals surface area contributed by atoms with Crippen molar-refractivity contribution in [2.45, 2.75) is 25.8 Å². The molecule has 0 saturated heterocycles. The number of benzene rings is 1. The number of methoxy groups -OCH3 is 1. The van der Waals surface area contributed by atoms with E-state index >= 15 is 0 Å². The molecule has 0 bridgehead atoms. The highest BCUT2D eigenvalue weighted by atomic mass is 16.5. The van der Waals surface area contributed by atoms with Crippen LogP contribution in [0.3, 0.4) is 0 Å². The van der Waals surface area contributed by atoms with Gasteiger partial charge in [0.05, 0.1) is 0 Å². The molecule has 0 radical (unpaired) electrons. The summed E-state index contributed by atoms with van der Waals surface area (Å²) in [4.78, 5) is 0. The van der Waals surface area contributed by atoms with Crippen LogP contribution in [0, 0.1) is 5.41 Å². The molecule has 0 unspecified atom stereocenters. The fourth-order valence-electron chi connectivity index (χ4n) is 2.66. The van der Waals surface area contributed by atoms with Gasteiger partial charge in [-0.15, -0.1) is 0 Å². The van der Waals surface area contributed by atoms with Crippen LogP contribution in [-0.4, -0.2) is 35.7 Å². The molecule has 5 nitrogen and oxygen atoms in total. The van der Waals surface area contributed by atoms with Crippen LogP contribution in [0.2, 0.25) is 0 Å². The van der Waals surface area contributed by atoms with Crippen LogP contribution in [0.5, 0.6) is 0 Å². The van der Waals surface area contributed by atoms with E-state index in [1.165, 1.54) is 12.8 Å². The molecule has 1 aliphatic carbocycles. The average Bonchev–Trinajstić information content (AvgIpc) is 3.14. The van der Waals surface area contributed by atoms with Crippen LogP contribution in [0.1, 0.15) is 25.0 Å². The fourth-order valence-corrected chi connectivity index (χ4v) is 2.66. The van der Waals surface area contributed by atoms with E-state index in [1.807, 2.05) is 18.2 Å². The molecule has 21 heavy (non-hydrogen) atoms. The summed E-state index contributed by atoms with van der Waals surface area (Å²) in [5.74, 6) is 0. The molecule has 112 valence electrons. The van der Waals surface area contributed by atoms with Crippen molar-refractivity contribution in [1.29, 1.82) is 0 Å². The number of nitrogens with one attached hydrogen (secondary N) is 2. The Morgan fingerprint density at radius 1 is 1.24 bits per heavy atom. The van der Waals surface area contributed by atoms with Crippen molar-refractivity contribution < 1.29 is 4.74 Å². The second-order valence-corrected chi connectivity index (χ2v) is 5.83. The van der Waals surface area contributed by atoms with Gasteiger partial charge in [0.15, 0.2) is 0 Å². The minimum absolute atomic E-state index is 0.451. The maximum atomic E-state index is 5.19. The second-order valence-electron chi connectivity index (χ2n) is 5.83. The summed E-state index contributed by atoms with van der Waals surface area (Å²) in [5, 5.41) is 14.8. The first-order chi connectivity index (χ1) is 10.3. The zero-order valence-electron chi connectivity index (χ0n) is 12.4. The first kappa shape index (κ1) is 14.2. The second kappa shape index (κ2) is 6.37. The quantitative estimate of drug-likeness (QED) is 0.782. The lowest BCUT2D eigenvalue weighted by Crippen LogP contribution is -2.25. The maximum Gasteiger partial charge on any atom is 0.117 e. The number of rotatable bonds is 8. The van der Waals surface area contributed by atoms with Gasteiger partial charge in [-0.2, -0.15) is 15.4 Å². The third kappa shape index (κ3) is 3.49. The topological polar surface area (TPSA) is 62.8 Å².